The van der Waals surface area contributed by atoms with E-state index in [9.17, 15) is 14.3 Å². The quantitative estimate of drug-likeness (QED) is 0.716. The Morgan fingerprint density at radius 2 is 2.19 bits per heavy atom. The van der Waals surface area contributed by atoms with Crippen molar-refractivity contribution in [1.29, 1.82) is 0 Å². The Hall–Kier alpha value is -1.90. The molecule has 1 aromatic rings. The number of amides is 1. The third-order valence-corrected chi connectivity index (χ3v) is 3.59. The van der Waals surface area contributed by atoms with Crippen LogP contribution < -0.4 is 11.1 Å². The first-order valence-corrected chi connectivity index (χ1v) is 7.09. The van der Waals surface area contributed by atoms with Gasteiger partial charge >= 0.3 is 0 Å². The lowest BCUT2D eigenvalue weighted by atomic mass is 9.92. The van der Waals surface area contributed by atoms with Crippen LogP contribution in [0.1, 0.15) is 41.6 Å². The second-order valence-electron chi connectivity index (χ2n) is 5.13. The zero-order chi connectivity index (χ0) is 15.2. The Labute approximate surface area is 123 Å². The fraction of sp³-hybridized carbons (Fsp3) is 0.438. The molecule has 2 atom stereocenters. The van der Waals surface area contributed by atoms with E-state index in [1.54, 1.807) is 0 Å². The summed E-state index contributed by atoms with van der Waals surface area (Å²) in [7, 11) is 0. The molecule has 2 unspecified atom stereocenters. The third-order valence-electron chi connectivity index (χ3n) is 3.59. The van der Waals surface area contributed by atoms with Gasteiger partial charge in [0.1, 0.15) is 5.82 Å². The van der Waals surface area contributed by atoms with Gasteiger partial charge in [-0.1, -0.05) is 24.7 Å². The van der Waals surface area contributed by atoms with Crippen LogP contribution in [-0.4, -0.2) is 29.7 Å². The van der Waals surface area contributed by atoms with Gasteiger partial charge in [-0.3, -0.25) is 4.79 Å². The van der Waals surface area contributed by atoms with Crippen molar-refractivity contribution in [3.8, 4) is 11.8 Å². The lowest BCUT2D eigenvalue weighted by Gasteiger charge is -2.28. The highest BCUT2D eigenvalue weighted by molar-refractivity contribution is 5.95. The van der Waals surface area contributed by atoms with Gasteiger partial charge < -0.3 is 16.2 Å². The van der Waals surface area contributed by atoms with Crippen molar-refractivity contribution >= 4 is 5.91 Å². The van der Waals surface area contributed by atoms with E-state index in [-0.39, 0.29) is 18.2 Å². The summed E-state index contributed by atoms with van der Waals surface area (Å²) in [4.78, 5) is 12.2. The summed E-state index contributed by atoms with van der Waals surface area (Å²) < 4.78 is 13.8. The molecule has 1 aliphatic carbocycles. The number of carbonyl (C=O) groups is 1. The number of hydrogen-bond acceptors (Lipinski definition) is 3. The highest BCUT2D eigenvalue weighted by Crippen LogP contribution is 2.19. The maximum atomic E-state index is 13.8. The number of nitrogens with one attached hydrogen (secondary N) is 1. The summed E-state index contributed by atoms with van der Waals surface area (Å²) in [5, 5.41) is 12.6. The molecule has 0 radical (unpaired) electrons. The molecule has 1 aromatic carbocycles. The molecule has 1 saturated carbocycles. The second-order valence-corrected chi connectivity index (χ2v) is 5.13. The fourth-order valence-electron chi connectivity index (χ4n) is 2.46. The molecule has 5 heteroatoms. The molecule has 21 heavy (non-hydrogen) atoms. The van der Waals surface area contributed by atoms with E-state index in [4.69, 9.17) is 5.73 Å². The maximum Gasteiger partial charge on any atom is 0.254 e. The smallest absolute Gasteiger partial charge is 0.254 e. The first-order valence-electron chi connectivity index (χ1n) is 7.09. The van der Waals surface area contributed by atoms with Gasteiger partial charge in [0.05, 0.1) is 24.3 Å². The Bertz CT molecular complexity index is 577. The minimum absolute atomic E-state index is 0.0587. The van der Waals surface area contributed by atoms with E-state index in [1.807, 2.05) is 0 Å². The number of nitrogens with two attached hydrogens (primary N) is 1. The SMILES string of the molecule is NCC#Cc1ccc(F)c(C(=O)NC2CCCCC2O)c1. The molecule has 0 saturated heterocycles. The highest BCUT2D eigenvalue weighted by Gasteiger charge is 2.25. The van der Waals surface area contributed by atoms with E-state index >= 15 is 0 Å². The molecule has 2 rings (SSSR count). The molecule has 1 amide bonds. The van der Waals surface area contributed by atoms with Gasteiger partial charge in [-0.2, -0.15) is 0 Å². The van der Waals surface area contributed by atoms with Crippen LogP contribution in [0.2, 0.25) is 0 Å². The van der Waals surface area contributed by atoms with Gasteiger partial charge in [-0.05, 0) is 31.0 Å². The molecule has 0 bridgehead atoms. The number of carbonyl (C=O) groups excluding carboxylic acids is 1. The second kappa shape index (κ2) is 7.21. The third kappa shape index (κ3) is 4.03. The summed E-state index contributed by atoms with van der Waals surface area (Å²) in [6.45, 7) is 0.202. The summed E-state index contributed by atoms with van der Waals surface area (Å²) in [6.07, 6.45) is 2.71. The lowest BCUT2D eigenvalue weighted by molar-refractivity contribution is 0.0714. The lowest BCUT2D eigenvalue weighted by Crippen LogP contribution is -2.45. The van der Waals surface area contributed by atoms with Crippen molar-refractivity contribution in [3.63, 3.8) is 0 Å². The average Bonchev–Trinajstić information content (AvgIpc) is 2.48. The number of aliphatic hydroxyl groups is 1. The van der Waals surface area contributed by atoms with Crippen LogP contribution >= 0.6 is 0 Å². The summed E-state index contributed by atoms with van der Waals surface area (Å²) >= 11 is 0. The normalized spacial score (nSPS) is 21.3. The molecule has 0 aliphatic heterocycles. The monoisotopic (exact) mass is 290 g/mol. The van der Waals surface area contributed by atoms with E-state index in [0.29, 0.717) is 18.4 Å². The zero-order valence-electron chi connectivity index (χ0n) is 11.7. The van der Waals surface area contributed by atoms with Crippen LogP contribution in [-0.2, 0) is 0 Å². The van der Waals surface area contributed by atoms with Crippen LogP contribution in [0, 0.1) is 17.7 Å². The predicted octanol–water partition coefficient (Wildman–Crippen LogP) is 1.17. The molecule has 4 N–H and O–H groups in total. The van der Waals surface area contributed by atoms with Crippen molar-refractivity contribution in [2.24, 2.45) is 5.73 Å². The van der Waals surface area contributed by atoms with Crippen LogP contribution in [0.25, 0.3) is 0 Å². The van der Waals surface area contributed by atoms with Crippen molar-refractivity contribution in [1.82, 2.24) is 5.32 Å². The van der Waals surface area contributed by atoms with E-state index in [1.165, 1.54) is 18.2 Å². The van der Waals surface area contributed by atoms with Crippen LogP contribution in [0.5, 0.6) is 0 Å². The van der Waals surface area contributed by atoms with Gasteiger partial charge in [0, 0.05) is 5.56 Å². The molecule has 112 valence electrons. The van der Waals surface area contributed by atoms with Crippen LogP contribution in [0.4, 0.5) is 4.39 Å². The van der Waals surface area contributed by atoms with Crippen molar-refractivity contribution in [2.75, 3.05) is 6.54 Å². The number of aliphatic hydroxyl groups excluding tert-OH is 1. The standard InChI is InChI=1S/C16H19FN2O2/c17-13-8-7-11(4-3-9-18)10-12(13)16(21)19-14-5-1-2-6-15(14)20/h7-8,10,14-15,20H,1-2,5-6,9,18H2,(H,19,21). The first kappa shape index (κ1) is 15.5. The molecule has 0 spiro atoms. The van der Waals surface area contributed by atoms with Gasteiger partial charge in [-0.25, -0.2) is 4.39 Å². The van der Waals surface area contributed by atoms with Crippen molar-refractivity contribution in [2.45, 2.75) is 37.8 Å². The largest absolute Gasteiger partial charge is 0.391 e. The van der Waals surface area contributed by atoms with E-state index in [0.717, 1.165) is 12.8 Å². The van der Waals surface area contributed by atoms with Crippen molar-refractivity contribution < 1.29 is 14.3 Å². The van der Waals surface area contributed by atoms with Gasteiger partial charge in [0.25, 0.3) is 5.91 Å². The molecule has 1 aliphatic rings. The summed E-state index contributed by atoms with van der Waals surface area (Å²) in [6, 6.07) is 3.81. The molecule has 1 fully saturated rings. The summed E-state index contributed by atoms with van der Waals surface area (Å²) in [5.41, 5.74) is 5.77. The molecule has 0 aromatic heterocycles. The van der Waals surface area contributed by atoms with Crippen molar-refractivity contribution in [3.05, 3.63) is 35.1 Å². The average molecular weight is 290 g/mol. The Balaban J connectivity index is 2.14. The number of rotatable bonds is 2. The van der Waals surface area contributed by atoms with Gasteiger partial charge in [0.2, 0.25) is 0 Å². The molecular formula is C16H19FN2O2. The number of hydrogen-bond donors (Lipinski definition) is 3. The van der Waals surface area contributed by atoms with Crippen LogP contribution in [0.15, 0.2) is 18.2 Å². The van der Waals surface area contributed by atoms with E-state index < -0.39 is 17.8 Å². The predicted molar refractivity (Wildman–Crippen MR) is 78.1 cm³/mol. The summed E-state index contributed by atoms with van der Waals surface area (Å²) in [5.74, 6) is 4.31. The highest BCUT2D eigenvalue weighted by atomic mass is 19.1. The molecule has 4 nitrogen and oxygen atoms in total. The van der Waals surface area contributed by atoms with Gasteiger partial charge in [-0.15, -0.1) is 0 Å². The maximum absolute atomic E-state index is 13.8. The minimum Gasteiger partial charge on any atom is -0.391 e. The Morgan fingerprint density at radius 3 is 2.90 bits per heavy atom. The van der Waals surface area contributed by atoms with Gasteiger partial charge in [0.15, 0.2) is 0 Å². The Morgan fingerprint density at radius 1 is 1.43 bits per heavy atom. The minimum atomic E-state index is -0.601. The molecule has 0 heterocycles. The number of halogens is 1. The zero-order valence-corrected chi connectivity index (χ0v) is 11.7. The molecular weight excluding hydrogens is 271 g/mol. The van der Waals surface area contributed by atoms with E-state index in [2.05, 4.69) is 17.2 Å². The fourth-order valence-corrected chi connectivity index (χ4v) is 2.46. The van der Waals surface area contributed by atoms with Crippen LogP contribution in [0.3, 0.4) is 0 Å². The first-order chi connectivity index (χ1) is 10.1. The topological polar surface area (TPSA) is 75.4 Å². The number of benzene rings is 1. The Kier molecular flexibility index (Phi) is 5.32.